The predicted octanol–water partition coefficient (Wildman–Crippen LogP) is 0.778. The smallest absolute Gasteiger partial charge is 0.154 e. The second-order valence-corrected chi connectivity index (χ2v) is 1.04. The fraction of sp³-hybridized carbons (Fsp3) is 1.00. The summed E-state index contributed by atoms with van der Waals surface area (Å²) < 4.78 is 9.35. The van der Waals surface area contributed by atoms with Crippen molar-refractivity contribution in [2.45, 2.75) is 13.2 Å². The van der Waals surface area contributed by atoms with Gasteiger partial charge in [0.2, 0.25) is 0 Å². The van der Waals surface area contributed by atoms with E-state index in [2.05, 4.69) is 9.47 Å². The molecule has 0 saturated heterocycles. The van der Waals surface area contributed by atoms with Gasteiger partial charge >= 0.3 is 0 Å². The highest BCUT2D eigenvalue weighted by Gasteiger charge is 1.87. The zero-order valence-corrected chi connectivity index (χ0v) is 4.80. The summed E-state index contributed by atoms with van der Waals surface area (Å²) in [5.41, 5.74) is 0. The summed E-state index contributed by atoms with van der Waals surface area (Å²) in [6.45, 7) is 1.83. The quantitative estimate of drug-likeness (QED) is 0.489. The van der Waals surface area contributed by atoms with Gasteiger partial charge in [0.1, 0.15) is 0 Å². The summed E-state index contributed by atoms with van der Waals surface area (Å²) in [4.78, 5) is 0. The van der Waals surface area contributed by atoms with Crippen molar-refractivity contribution in [3.8, 4) is 0 Å². The molecule has 46 valence electrons. The van der Waals surface area contributed by atoms with Gasteiger partial charge in [0.25, 0.3) is 0 Å². The van der Waals surface area contributed by atoms with Crippen LogP contribution >= 0.6 is 0 Å². The van der Waals surface area contributed by atoms with Gasteiger partial charge in [0.05, 0.1) is 0 Å². The number of hydrogen-bond acceptors (Lipinski definition) is 2. The highest BCUT2D eigenvalue weighted by atomic mass is 19.0. The molecule has 0 aromatic heterocycles. The van der Waals surface area contributed by atoms with Crippen molar-refractivity contribution in [1.82, 2.24) is 0 Å². The van der Waals surface area contributed by atoms with Crippen molar-refractivity contribution in [2.24, 2.45) is 0 Å². The number of methoxy groups -OCH3 is 2. The molecule has 0 rings (SSSR count). The van der Waals surface area contributed by atoms with Crippen LogP contribution in [0.25, 0.3) is 0 Å². The number of ether oxygens (including phenoxy) is 2. The molecule has 0 N–H and O–H groups in total. The average molecular weight is 110 g/mol. The van der Waals surface area contributed by atoms with Crippen LogP contribution in [0.1, 0.15) is 6.92 Å². The SMILES string of the molecule is COC(C)OC.F. The van der Waals surface area contributed by atoms with Crippen molar-refractivity contribution >= 4 is 0 Å². The van der Waals surface area contributed by atoms with Gasteiger partial charge in [-0.15, -0.1) is 0 Å². The van der Waals surface area contributed by atoms with Gasteiger partial charge in [-0.3, -0.25) is 4.70 Å². The standard InChI is InChI=1S/C4H10O2.FH/c1-4(5-2)6-3;/h4H,1-3H3;1H. The average Bonchev–Trinajstić information content (AvgIpc) is 1.65. The molecular weight excluding hydrogens is 99.0 g/mol. The Balaban J connectivity index is 0. The second kappa shape index (κ2) is 5.85. The molecule has 0 aliphatic heterocycles. The van der Waals surface area contributed by atoms with E-state index < -0.39 is 0 Å². The minimum absolute atomic E-state index is 0. The molecule has 0 spiro atoms. The Bertz CT molecular complexity index is 28.9. The van der Waals surface area contributed by atoms with Crippen LogP contribution in [0.2, 0.25) is 0 Å². The molecule has 0 atom stereocenters. The summed E-state index contributed by atoms with van der Waals surface area (Å²) in [5.74, 6) is 0. The molecule has 3 heteroatoms. The monoisotopic (exact) mass is 110 g/mol. The molecule has 0 aliphatic rings. The minimum atomic E-state index is -0.0648. The van der Waals surface area contributed by atoms with Gasteiger partial charge in [0.15, 0.2) is 6.29 Å². The summed E-state index contributed by atoms with van der Waals surface area (Å²) in [5, 5.41) is 0. The molecule has 2 nitrogen and oxygen atoms in total. The van der Waals surface area contributed by atoms with Crippen LogP contribution in [0.3, 0.4) is 0 Å². The van der Waals surface area contributed by atoms with Gasteiger partial charge in [-0.05, 0) is 6.92 Å². The summed E-state index contributed by atoms with van der Waals surface area (Å²) in [6, 6.07) is 0. The Labute approximate surface area is 42.8 Å². The van der Waals surface area contributed by atoms with Crippen LogP contribution in [0, 0.1) is 0 Å². The van der Waals surface area contributed by atoms with E-state index in [0.717, 1.165) is 0 Å². The molecule has 0 aromatic carbocycles. The maximum absolute atomic E-state index is 4.68. The fourth-order valence-corrected chi connectivity index (χ4v) is 0.0962. The third-order valence-corrected chi connectivity index (χ3v) is 0.664. The molecule has 0 unspecified atom stereocenters. The maximum Gasteiger partial charge on any atom is 0.154 e. The Kier molecular flexibility index (Phi) is 8.33. The number of hydrogen-bond donors (Lipinski definition) is 0. The summed E-state index contributed by atoms with van der Waals surface area (Å²) in [6.07, 6.45) is -0.0648. The fourth-order valence-electron chi connectivity index (χ4n) is 0.0962. The molecule has 7 heavy (non-hydrogen) atoms. The molecule has 0 fully saturated rings. The van der Waals surface area contributed by atoms with Crippen molar-refractivity contribution in [3.63, 3.8) is 0 Å². The third kappa shape index (κ3) is 5.85. The highest BCUT2D eigenvalue weighted by Crippen LogP contribution is 1.82. The van der Waals surface area contributed by atoms with Gasteiger partial charge in [-0.2, -0.15) is 0 Å². The molecule has 0 radical (unpaired) electrons. The molecule has 0 aromatic rings. The number of rotatable bonds is 2. The molecule has 0 amide bonds. The molecule has 0 heterocycles. The zero-order chi connectivity index (χ0) is 4.99. The Morgan fingerprint density at radius 3 is 1.43 bits per heavy atom. The first kappa shape index (κ1) is 9.97. The lowest BCUT2D eigenvalue weighted by Crippen LogP contribution is -2.05. The van der Waals surface area contributed by atoms with E-state index in [1.54, 1.807) is 14.2 Å². The lowest BCUT2D eigenvalue weighted by Gasteiger charge is -2.03. The van der Waals surface area contributed by atoms with E-state index >= 15 is 0 Å². The van der Waals surface area contributed by atoms with E-state index in [1.165, 1.54) is 0 Å². The second-order valence-electron chi connectivity index (χ2n) is 1.04. The van der Waals surface area contributed by atoms with E-state index in [0.29, 0.717) is 0 Å². The van der Waals surface area contributed by atoms with Crippen LogP contribution < -0.4 is 0 Å². The topological polar surface area (TPSA) is 18.5 Å². The zero-order valence-electron chi connectivity index (χ0n) is 4.80. The van der Waals surface area contributed by atoms with Crippen LogP contribution in [-0.4, -0.2) is 20.5 Å². The van der Waals surface area contributed by atoms with E-state index in [1.807, 2.05) is 6.92 Å². The van der Waals surface area contributed by atoms with Crippen molar-refractivity contribution in [3.05, 3.63) is 0 Å². The van der Waals surface area contributed by atoms with Crippen molar-refractivity contribution < 1.29 is 14.2 Å². The maximum atomic E-state index is 4.68. The van der Waals surface area contributed by atoms with Gasteiger partial charge in [0, 0.05) is 14.2 Å². The summed E-state index contributed by atoms with van der Waals surface area (Å²) >= 11 is 0. The third-order valence-electron chi connectivity index (χ3n) is 0.664. The Morgan fingerprint density at radius 1 is 1.14 bits per heavy atom. The van der Waals surface area contributed by atoms with E-state index in [4.69, 9.17) is 0 Å². The normalized spacial score (nSPS) is 8.57. The Hall–Kier alpha value is -0.150. The largest absolute Gasteiger partial charge is 0.356 e. The van der Waals surface area contributed by atoms with Gasteiger partial charge in [-0.25, -0.2) is 0 Å². The first-order valence-corrected chi connectivity index (χ1v) is 1.87. The minimum Gasteiger partial charge on any atom is -0.356 e. The molecule has 0 aliphatic carbocycles. The lowest BCUT2D eigenvalue weighted by molar-refractivity contribution is -0.0877. The number of halogens is 1. The van der Waals surface area contributed by atoms with Crippen molar-refractivity contribution in [1.29, 1.82) is 0 Å². The lowest BCUT2D eigenvalue weighted by atomic mass is 10.8. The van der Waals surface area contributed by atoms with Crippen LogP contribution in [-0.2, 0) is 9.47 Å². The van der Waals surface area contributed by atoms with Gasteiger partial charge < -0.3 is 9.47 Å². The molecule has 0 saturated carbocycles. The van der Waals surface area contributed by atoms with E-state index in [-0.39, 0.29) is 11.0 Å². The summed E-state index contributed by atoms with van der Waals surface area (Å²) in [7, 11) is 3.21. The Morgan fingerprint density at radius 2 is 1.43 bits per heavy atom. The highest BCUT2D eigenvalue weighted by molar-refractivity contribution is 4.17. The van der Waals surface area contributed by atoms with E-state index in [9.17, 15) is 0 Å². The predicted molar refractivity (Wildman–Crippen MR) is 26.0 cm³/mol. The van der Waals surface area contributed by atoms with Crippen LogP contribution in [0.4, 0.5) is 4.70 Å². The van der Waals surface area contributed by atoms with Crippen LogP contribution in [0.15, 0.2) is 0 Å². The van der Waals surface area contributed by atoms with Gasteiger partial charge in [-0.1, -0.05) is 0 Å². The first-order chi connectivity index (χ1) is 2.81. The molecular formula is C4H11FO2. The first-order valence-electron chi connectivity index (χ1n) is 1.87. The van der Waals surface area contributed by atoms with Crippen LogP contribution in [0.5, 0.6) is 0 Å². The molecule has 0 bridgehead atoms. The van der Waals surface area contributed by atoms with Crippen molar-refractivity contribution in [2.75, 3.05) is 14.2 Å².